The molecular weight excluding hydrogens is 276 g/mol. The molecule has 0 aliphatic carbocycles. The molecule has 0 aliphatic heterocycles. The number of pyridine rings is 1. The second-order valence-corrected chi connectivity index (χ2v) is 5.02. The molecule has 2 aromatic carbocycles. The summed E-state index contributed by atoms with van der Waals surface area (Å²) in [6.07, 6.45) is 1.72. The van der Waals surface area contributed by atoms with E-state index in [4.69, 9.17) is 4.74 Å². The van der Waals surface area contributed by atoms with E-state index in [1.807, 2.05) is 43.3 Å². The van der Waals surface area contributed by atoms with Crippen LogP contribution in [0.2, 0.25) is 0 Å². The van der Waals surface area contributed by atoms with Gasteiger partial charge in [-0.25, -0.2) is 0 Å². The van der Waals surface area contributed by atoms with Crippen molar-refractivity contribution in [1.29, 1.82) is 0 Å². The van der Waals surface area contributed by atoms with Gasteiger partial charge in [-0.15, -0.1) is 0 Å². The summed E-state index contributed by atoms with van der Waals surface area (Å²) in [6.45, 7) is 1.91. The molecule has 22 heavy (non-hydrogen) atoms. The first-order valence-electron chi connectivity index (χ1n) is 6.99. The molecule has 110 valence electrons. The molecule has 3 aromatic rings. The maximum atomic E-state index is 12.4. The number of nitrogens with one attached hydrogen (secondary N) is 1. The Bertz CT molecular complexity index is 838. The van der Waals surface area contributed by atoms with Gasteiger partial charge in [-0.3, -0.25) is 9.78 Å². The molecule has 4 heteroatoms. The van der Waals surface area contributed by atoms with Crippen molar-refractivity contribution >= 4 is 22.5 Å². The fourth-order valence-electron chi connectivity index (χ4n) is 2.42. The molecule has 3 rings (SSSR count). The lowest BCUT2D eigenvalue weighted by Crippen LogP contribution is -2.12. The third-order valence-corrected chi connectivity index (χ3v) is 3.54. The molecular formula is C18H16N2O2. The Morgan fingerprint density at radius 3 is 2.73 bits per heavy atom. The van der Waals surface area contributed by atoms with E-state index in [1.165, 1.54) is 0 Å². The van der Waals surface area contributed by atoms with Gasteiger partial charge in [0.1, 0.15) is 5.75 Å². The number of ether oxygens (including phenoxy) is 1. The molecule has 1 aromatic heterocycles. The van der Waals surface area contributed by atoms with E-state index in [2.05, 4.69) is 10.3 Å². The maximum Gasteiger partial charge on any atom is 0.255 e. The van der Waals surface area contributed by atoms with E-state index in [0.29, 0.717) is 11.3 Å². The van der Waals surface area contributed by atoms with Gasteiger partial charge in [0, 0.05) is 17.1 Å². The topological polar surface area (TPSA) is 51.2 Å². The van der Waals surface area contributed by atoms with Crippen molar-refractivity contribution in [1.82, 2.24) is 4.98 Å². The third-order valence-electron chi connectivity index (χ3n) is 3.54. The molecule has 0 spiro atoms. The molecule has 0 saturated heterocycles. The van der Waals surface area contributed by atoms with Gasteiger partial charge in [0.05, 0.1) is 18.3 Å². The van der Waals surface area contributed by atoms with Crippen molar-refractivity contribution in [3.05, 3.63) is 65.9 Å². The van der Waals surface area contributed by atoms with Crippen LogP contribution in [0.3, 0.4) is 0 Å². The number of fused-ring (bicyclic) bond motifs is 1. The van der Waals surface area contributed by atoms with Crippen LogP contribution in [-0.4, -0.2) is 18.0 Å². The van der Waals surface area contributed by atoms with Gasteiger partial charge in [0.25, 0.3) is 5.91 Å². The number of methoxy groups -OCH3 is 1. The fourth-order valence-corrected chi connectivity index (χ4v) is 2.42. The Morgan fingerprint density at radius 2 is 1.95 bits per heavy atom. The van der Waals surface area contributed by atoms with Crippen LogP contribution in [0.5, 0.6) is 5.75 Å². The molecule has 0 aliphatic rings. The maximum absolute atomic E-state index is 12.4. The zero-order chi connectivity index (χ0) is 15.5. The first-order chi connectivity index (χ1) is 10.7. The van der Waals surface area contributed by atoms with E-state index in [0.717, 1.165) is 22.2 Å². The second kappa shape index (κ2) is 5.85. The van der Waals surface area contributed by atoms with Gasteiger partial charge in [-0.05, 0) is 42.8 Å². The predicted molar refractivity (Wildman–Crippen MR) is 87.4 cm³/mol. The van der Waals surface area contributed by atoms with Crippen LogP contribution in [0.4, 0.5) is 5.69 Å². The normalized spacial score (nSPS) is 10.5. The van der Waals surface area contributed by atoms with Gasteiger partial charge in [0.15, 0.2) is 0 Å². The molecule has 1 N–H and O–H groups in total. The highest BCUT2D eigenvalue weighted by molar-refractivity contribution is 6.08. The first kappa shape index (κ1) is 14.1. The summed E-state index contributed by atoms with van der Waals surface area (Å²) in [5, 5.41) is 3.92. The van der Waals surface area contributed by atoms with E-state index >= 15 is 0 Å². The standard InChI is InChI=1S/C18H16N2O2/c1-12-11-14(8-9-16(12)22-2)18(21)20-15-7-3-5-13-6-4-10-19-17(13)15/h3-11H,1-2H3,(H,20,21). The monoisotopic (exact) mass is 292 g/mol. The van der Waals surface area contributed by atoms with E-state index in [1.54, 1.807) is 25.4 Å². The molecule has 0 atom stereocenters. The molecule has 1 amide bonds. The molecule has 0 unspecified atom stereocenters. The lowest BCUT2D eigenvalue weighted by molar-refractivity contribution is 0.102. The quantitative estimate of drug-likeness (QED) is 0.798. The minimum Gasteiger partial charge on any atom is -0.496 e. The number of anilines is 1. The zero-order valence-corrected chi connectivity index (χ0v) is 12.5. The van der Waals surface area contributed by atoms with Crippen LogP contribution < -0.4 is 10.1 Å². The number of amides is 1. The lowest BCUT2D eigenvalue weighted by Gasteiger charge is -2.10. The first-order valence-corrected chi connectivity index (χ1v) is 6.99. The minimum atomic E-state index is -0.163. The highest BCUT2D eigenvalue weighted by Gasteiger charge is 2.10. The average Bonchev–Trinajstić information content (AvgIpc) is 2.55. The summed E-state index contributed by atoms with van der Waals surface area (Å²) in [5.41, 5.74) is 3.00. The molecule has 0 saturated carbocycles. The highest BCUT2D eigenvalue weighted by atomic mass is 16.5. The second-order valence-electron chi connectivity index (χ2n) is 5.02. The third kappa shape index (κ3) is 2.63. The van der Waals surface area contributed by atoms with Crippen molar-refractivity contribution in [2.24, 2.45) is 0 Å². The van der Waals surface area contributed by atoms with Crippen LogP contribution in [0.25, 0.3) is 10.9 Å². The largest absolute Gasteiger partial charge is 0.496 e. The fraction of sp³-hybridized carbons (Fsp3) is 0.111. The molecule has 0 bridgehead atoms. The molecule has 1 heterocycles. The summed E-state index contributed by atoms with van der Waals surface area (Å²) in [4.78, 5) is 16.8. The highest BCUT2D eigenvalue weighted by Crippen LogP contribution is 2.23. The van der Waals surface area contributed by atoms with E-state index < -0.39 is 0 Å². The van der Waals surface area contributed by atoms with Crippen LogP contribution in [0.1, 0.15) is 15.9 Å². The SMILES string of the molecule is COc1ccc(C(=O)Nc2cccc3cccnc23)cc1C. The van der Waals surface area contributed by atoms with Crippen molar-refractivity contribution in [2.45, 2.75) is 6.92 Å². The van der Waals surface area contributed by atoms with Gasteiger partial charge in [0.2, 0.25) is 0 Å². The number of carbonyl (C=O) groups is 1. The zero-order valence-electron chi connectivity index (χ0n) is 12.5. The molecule has 4 nitrogen and oxygen atoms in total. The smallest absolute Gasteiger partial charge is 0.255 e. The lowest BCUT2D eigenvalue weighted by atomic mass is 10.1. The number of hydrogen-bond donors (Lipinski definition) is 1. The van der Waals surface area contributed by atoms with Crippen molar-refractivity contribution < 1.29 is 9.53 Å². The average molecular weight is 292 g/mol. The number of para-hydroxylation sites is 1. The Kier molecular flexibility index (Phi) is 3.74. The number of hydrogen-bond acceptors (Lipinski definition) is 3. The summed E-state index contributed by atoms with van der Waals surface area (Å²) in [7, 11) is 1.61. The van der Waals surface area contributed by atoms with Crippen LogP contribution in [0, 0.1) is 6.92 Å². The Labute approximate surface area is 128 Å². The van der Waals surface area contributed by atoms with Gasteiger partial charge < -0.3 is 10.1 Å². The van der Waals surface area contributed by atoms with Gasteiger partial charge >= 0.3 is 0 Å². The van der Waals surface area contributed by atoms with Crippen LogP contribution in [-0.2, 0) is 0 Å². The minimum absolute atomic E-state index is 0.163. The number of carbonyl (C=O) groups excluding carboxylic acids is 1. The number of rotatable bonds is 3. The Morgan fingerprint density at radius 1 is 1.14 bits per heavy atom. The van der Waals surface area contributed by atoms with E-state index in [-0.39, 0.29) is 5.91 Å². The van der Waals surface area contributed by atoms with Crippen molar-refractivity contribution in [3.63, 3.8) is 0 Å². The van der Waals surface area contributed by atoms with Crippen LogP contribution in [0.15, 0.2) is 54.7 Å². The molecule has 0 fully saturated rings. The number of nitrogens with zero attached hydrogens (tertiary/aromatic N) is 1. The number of aromatic nitrogens is 1. The van der Waals surface area contributed by atoms with Gasteiger partial charge in [-0.1, -0.05) is 18.2 Å². The summed E-state index contributed by atoms with van der Waals surface area (Å²) in [5.74, 6) is 0.604. The van der Waals surface area contributed by atoms with Crippen molar-refractivity contribution in [2.75, 3.05) is 12.4 Å². The number of benzene rings is 2. The molecule has 0 radical (unpaired) electrons. The summed E-state index contributed by atoms with van der Waals surface area (Å²) >= 11 is 0. The summed E-state index contributed by atoms with van der Waals surface area (Å²) < 4.78 is 5.21. The van der Waals surface area contributed by atoms with Gasteiger partial charge in [-0.2, -0.15) is 0 Å². The Hall–Kier alpha value is -2.88. The van der Waals surface area contributed by atoms with Crippen molar-refractivity contribution in [3.8, 4) is 5.75 Å². The van der Waals surface area contributed by atoms with E-state index in [9.17, 15) is 4.79 Å². The summed E-state index contributed by atoms with van der Waals surface area (Å²) in [6, 6.07) is 14.9. The Balaban J connectivity index is 1.92. The predicted octanol–water partition coefficient (Wildman–Crippen LogP) is 3.80. The van der Waals surface area contributed by atoms with Crippen LogP contribution >= 0.6 is 0 Å². The number of aryl methyl sites for hydroxylation is 1.